The van der Waals surface area contributed by atoms with Gasteiger partial charge in [-0.1, -0.05) is 37.6 Å². The minimum atomic E-state index is -0.0187. The van der Waals surface area contributed by atoms with Crippen molar-refractivity contribution in [3.05, 3.63) is 65.2 Å². The van der Waals surface area contributed by atoms with Crippen LogP contribution in [0.3, 0.4) is 0 Å². The number of nitrogens with zero attached hydrogens (tertiary/aromatic N) is 2. The van der Waals surface area contributed by atoms with Crippen LogP contribution in [-0.4, -0.2) is 37.0 Å². The molecule has 0 radical (unpaired) electrons. The summed E-state index contributed by atoms with van der Waals surface area (Å²) in [5, 5.41) is 3.16. The van der Waals surface area contributed by atoms with E-state index < -0.39 is 0 Å². The van der Waals surface area contributed by atoms with Crippen LogP contribution in [0.15, 0.2) is 48.5 Å². The van der Waals surface area contributed by atoms with Crippen molar-refractivity contribution in [2.75, 3.05) is 31.1 Å². The minimum absolute atomic E-state index is 0.00838. The predicted molar refractivity (Wildman–Crippen MR) is 129 cm³/mol. The van der Waals surface area contributed by atoms with E-state index in [1.807, 2.05) is 12.1 Å². The molecule has 2 fully saturated rings. The van der Waals surface area contributed by atoms with Crippen LogP contribution in [0.25, 0.3) is 0 Å². The molecule has 0 aromatic heterocycles. The molecule has 31 heavy (non-hydrogen) atoms. The molecule has 2 aliphatic rings. The Bertz CT molecular complexity index is 840. The number of rotatable bonds is 6. The van der Waals surface area contributed by atoms with Crippen LogP contribution < -0.4 is 10.2 Å². The first kappa shape index (κ1) is 21.9. The number of amides is 1. The number of hydrogen-bond donors (Lipinski definition) is 1. The fourth-order valence-corrected chi connectivity index (χ4v) is 4.90. The van der Waals surface area contributed by atoms with Gasteiger partial charge in [0.2, 0.25) is 0 Å². The Balaban J connectivity index is 1.31. The van der Waals surface area contributed by atoms with Crippen molar-refractivity contribution in [1.82, 2.24) is 10.2 Å². The first-order valence-electron chi connectivity index (χ1n) is 12.1. The van der Waals surface area contributed by atoms with Gasteiger partial charge >= 0.3 is 0 Å². The smallest absolute Gasteiger partial charge is 0.251 e. The third kappa shape index (κ3) is 5.88. The molecule has 4 nitrogen and oxygen atoms in total. The van der Waals surface area contributed by atoms with Crippen LogP contribution in [0, 0.1) is 5.92 Å². The summed E-state index contributed by atoms with van der Waals surface area (Å²) >= 11 is 0. The minimum Gasteiger partial charge on any atom is -0.371 e. The molecule has 2 aromatic carbocycles. The van der Waals surface area contributed by atoms with Gasteiger partial charge in [-0.15, -0.1) is 0 Å². The first-order valence-corrected chi connectivity index (χ1v) is 12.1. The Morgan fingerprint density at radius 3 is 2.35 bits per heavy atom. The molecule has 1 amide bonds. The third-order valence-corrected chi connectivity index (χ3v) is 6.83. The van der Waals surface area contributed by atoms with Crippen LogP contribution in [0.4, 0.5) is 5.69 Å². The number of likely N-dealkylation sites (tertiary alicyclic amines) is 1. The highest BCUT2D eigenvalue weighted by atomic mass is 16.1. The maximum absolute atomic E-state index is 12.8. The van der Waals surface area contributed by atoms with E-state index in [2.05, 4.69) is 65.4 Å². The SMILES string of the molecule is C[C@@H]1CCCN(c2ccc([C@H](C)NC(=O)c3ccc(CN4CCCCC4)cc3)cc2)C1. The summed E-state index contributed by atoms with van der Waals surface area (Å²) in [4.78, 5) is 17.7. The average molecular weight is 420 g/mol. The molecule has 0 saturated carbocycles. The van der Waals surface area contributed by atoms with E-state index in [4.69, 9.17) is 0 Å². The van der Waals surface area contributed by atoms with Crippen LogP contribution in [0.5, 0.6) is 0 Å². The largest absolute Gasteiger partial charge is 0.371 e. The van der Waals surface area contributed by atoms with Crippen LogP contribution in [0.1, 0.15) is 73.5 Å². The van der Waals surface area contributed by atoms with Crippen molar-refractivity contribution < 1.29 is 4.79 Å². The van der Waals surface area contributed by atoms with Crippen molar-refractivity contribution in [3.8, 4) is 0 Å². The Morgan fingerprint density at radius 2 is 1.68 bits per heavy atom. The lowest BCUT2D eigenvalue weighted by molar-refractivity contribution is 0.0940. The molecular weight excluding hydrogens is 382 g/mol. The molecule has 4 heteroatoms. The summed E-state index contributed by atoms with van der Waals surface area (Å²) in [7, 11) is 0. The van der Waals surface area contributed by atoms with Gasteiger partial charge in [-0.25, -0.2) is 0 Å². The molecule has 166 valence electrons. The van der Waals surface area contributed by atoms with Gasteiger partial charge < -0.3 is 10.2 Å². The lowest BCUT2D eigenvalue weighted by atomic mass is 9.99. The van der Waals surface area contributed by atoms with Crippen molar-refractivity contribution in [2.45, 2.75) is 58.5 Å². The summed E-state index contributed by atoms with van der Waals surface area (Å²) in [6.07, 6.45) is 6.56. The first-order chi connectivity index (χ1) is 15.1. The zero-order chi connectivity index (χ0) is 21.6. The number of anilines is 1. The Morgan fingerprint density at radius 1 is 0.968 bits per heavy atom. The van der Waals surface area contributed by atoms with Gasteiger partial charge in [0.25, 0.3) is 5.91 Å². The molecule has 0 aliphatic carbocycles. The van der Waals surface area contributed by atoms with Crippen LogP contribution >= 0.6 is 0 Å². The van der Waals surface area contributed by atoms with E-state index in [1.165, 1.54) is 56.4 Å². The van der Waals surface area contributed by atoms with E-state index in [0.29, 0.717) is 0 Å². The monoisotopic (exact) mass is 419 g/mol. The molecule has 4 rings (SSSR count). The number of benzene rings is 2. The maximum atomic E-state index is 12.8. The van der Waals surface area contributed by atoms with Crippen LogP contribution in [0.2, 0.25) is 0 Å². The lowest BCUT2D eigenvalue weighted by Gasteiger charge is -2.33. The summed E-state index contributed by atoms with van der Waals surface area (Å²) in [6, 6.07) is 16.8. The van der Waals surface area contributed by atoms with E-state index in [0.717, 1.165) is 36.7 Å². The molecule has 0 bridgehead atoms. The summed E-state index contributed by atoms with van der Waals surface area (Å²) in [6.45, 7) is 10.0. The fourth-order valence-electron chi connectivity index (χ4n) is 4.90. The molecule has 2 aromatic rings. The predicted octanol–water partition coefficient (Wildman–Crippen LogP) is 5.40. The summed E-state index contributed by atoms with van der Waals surface area (Å²) in [5.74, 6) is 0.754. The van der Waals surface area contributed by atoms with Gasteiger partial charge in [0.15, 0.2) is 0 Å². The molecule has 2 aliphatic heterocycles. The van der Waals surface area contributed by atoms with Gasteiger partial charge in [0, 0.05) is 30.9 Å². The number of piperidine rings is 2. The molecule has 2 saturated heterocycles. The van der Waals surface area contributed by atoms with Crippen molar-refractivity contribution in [1.29, 1.82) is 0 Å². The third-order valence-electron chi connectivity index (χ3n) is 6.83. The standard InChI is InChI=1S/C27H37N3O/c1-21-7-6-18-30(19-21)26-14-12-24(13-15-26)22(2)28-27(31)25-10-8-23(9-11-25)20-29-16-4-3-5-17-29/h8-15,21-22H,3-7,16-20H2,1-2H3,(H,28,31)/t21-,22+/m1/s1. The number of carbonyl (C=O) groups excluding carboxylic acids is 1. The zero-order valence-corrected chi connectivity index (χ0v) is 19.1. The van der Waals surface area contributed by atoms with Gasteiger partial charge in [0.05, 0.1) is 6.04 Å². The highest BCUT2D eigenvalue weighted by Crippen LogP contribution is 2.25. The number of hydrogen-bond acceptors (Lipinski definition) is 3. The highest BCUT2D eigenvalue weighted by Gasteiger charge is 2.17. The van der Waals surface area contributed by atoms with Gasteiger partial charge in [-0.05, 0) is 87.0 Å². The Kier molecular flexibility index (Phi) is 7.29. The summed E-state index contributed by atoms with van der Waals surface area (Å²) < 4.78 is 0. The lowest BCUT2D eigenvalue weighted by Crippen LogP contribution is -2.34. The quantitative estimate of drug-likeness (QED) is 0.681. The molecule has 0 spiro atoms. The summed E-state index contributed by atoms with van der Waals surface area (Å²) in [5.41, 5.74) is 4.45. The van der Waals surface area contributed by atoms with Gasteiger partial charge in [-0.2, -0.15) is 0 Å². The van der Waals surface area contributed by atoms with E-state index >= 15 is 0 Å². The fraction of sp³-hybridized carbons (Fsp3) is 0.519. The van der Waals surface area contributed by atoms with Gasteiger partial charge in [-0.3, -0.25) is 9.69 Å². The van der Waals surface area contributed by atoms with E-state index in [-0.39, 0.29) is 11.9 Å². The highest BCUT2D eigenvalue weighted by molar-refractivity contribution is 5.94. The Hall–Kier alpha value is -2.33. The molecule has 1 N–H and O–H groups in total. The zero-order valence-electron chi connectivity index (χ0n) is 19.1. The van der Waals surface area contributed by atoms with Crippen LogP contribution in [-0.2, 0) is 6.54 Å². The van der Waals surface area contributed by atoms with Crippen molar-refractivity contribution in [3.63, 3.8) is 0 Å². The second-order valence-corrected chi connectivity index (χ2v) is 9.51. The molecule has 0 unspecified atom stereocenters. The van der Waals surface area contributed by atoms with Crippen molar-refractivity contribution >= 4 is 11.6 Å². The second-order valence-electron chi connectivity index (χ2n) is 9.51. The van der Waals surface area contributed by atoms with E-state index in [9.17, 15) is 4.79 Å². The van der Waals surface area contributed by atoms with Gasteiger partial charge in [0.1, 0.15) is 0 Å². The van der Waals surface area contributed by atoms with Crippen molar-refractivity contribution in [2.24, 2.45) is 5.92 Å². The second kappa shape index (κ2) is 10.3. The normalized spacial score (nSPS) is 21.0. The topological polar surface area (TPSA) is 35.6 Å². The molecular formula is C27H37N3O. The molecule has 2 atom stereocenters. The van der Waals surface area contributed by atoms with E-state index in [1.54, 1.807) is 0 Å². The molecule has 2 heterocycles. The number of carbonyl (C=O) groups is 1. The maximum Gasteiger partial charge on any atom is 0.251 e. The average Bonchev–Trinajstić information content (AvgIpc) is 2.80. The Labute approximate surface area is 187 Å². The number of nitrogens with one attached hydrogen (secondary N) is 1.